The van der Waals surface area contributed by atoms with Crippen LogP contribution in [0.3, 0.4) is 0 Å². The van der Waals surface area contributed by atoms with E-state index in [9.17, 15) is 29.4 Å². The number of carbonyl (C=O) groups excluding carboxylic acids is 2. The predicted molar refractivity (Wildman–Crippen MR) is 158 cm³/mol. The van der Waals surface area contributed by atoms with Crippen molar-refractivity contribution in [2.75, 3.05) is 7.06 Å². The first-order chi connectivity index (χ1) is 19.6. The van der Waals surface area contributed by atoms with Crippen molar-refractivity contribution in [3.63, 3.8) is 0 Å². The predicted octanol–water partition coefficient (Wildman–Crippen LogP) is 3.37. The summed E-state index contributed by atoms with van der Waals surface area (Å²) in [5.41, 5.74) is 3.07. The minimum atomic E-state index is -1.26. The van der Waals surface area contributed by atoms with Crippen LogP contribution < -0.4 is 28.8 Å². The van der Waals surface area contributed by atoms with Gasteiger partial charge in [-0.3, -0.25) is 0 Å². The summed E-state index contributed by atoms with van der Waals surface area (Å²) in [7, 11) is 0. The second-order valence-corrected chi connectivity index (χ2v) is 12.2. The van der Waals surface area contributed by atoms with Gasteiger partial charge in [-0.25, -0.2) is 0 Å². The number of aliphatic carboxylic acids is 2. The summed E-state index contributed by atoms with van der Waals surface area (Å²) in [6.45, 7) is 0. The maximum absolute atomic E-state index is 13.4. The molecule has 0 heterocycles. The van der Waals surface area contributed by atoms with Crippen LogP contribution in [0.4, 0.5) is 11.4 Å². The van der Waals surface area contributed by atoms with Crippen LogP contribution in [-0.2, 0) is 22.4 Å². The van der Waals surface area contributed by atoms with Crippen molar-refractivity contribution in [1.82, 2.24) is 0 Å². The number of hydrogen-bond acceptors (Lipinski definition) is 6. The number of carbonyl (C=O) groups is 4. The molecular weight excluding hydrogens is 771 g/mol. The van der Waals surface area contributed by atoms with Crippen molar-refractivity contribution < 1.29 is 51.1 Å². The third-order valence-electron chi connectivity index (χ3n) is 5.97. The molecular formula is C30H22Br2IN2O6-. The molecule has 4 rings (SSSR count). The summed E-state index contributed by atoms with van der Waals surface area (Å²) in [6, 6.07) is 23.5. The Kier molecular flexibility index (Phi) is 10.3. The van der Waals surface area contributed by atoms with E-state index in [0.717, 1.165) is 8.95 Å². The van der Waals surface area contributed by atoms with Gasteiger partial charge in [0.1, 0.15) is 0 Å². The van der Waals surface area contributed by atoms with Crippen LogP contribution in [0.25, 0.3) is 0 Å². The number of halogens is 3. The minimum absolute atomic E-state index is 0.284. The average Bonchev–Trinajstić information content (AvgIpc) is 2.94. The van der Waals surface area contributed by atoms with Crippen LogP contribution in [0.5, 0.6) is 0 Å². The van der Waals surface area contributed by atoms with E-state index in [1.54, 1.807) is 84.9 Å². The van der Waals surface area contributed by atoms with E-state index >= 15 is 0 Å². The number of rotatable bonds is 12. The molecule has 0 aliphatic carbocycles. The Labute approximate surface area is 263 Å². The zero-order valence-corrected chi connectivity index (χ0v) is 26.5. The van der Waals surface area contributed by atoms with E-state index in [0.29, 0.717) is 44.8 Å². The van der Waals surface area contributed by atoms with Gasteiger partial charge in [-0.1, -0.05) is 0 Å². The monoisotopic (exact) mass is 791 g/mol. The Morgan fingerprint density at radius 1 is 0.585 bits per heavy atom. The second-order valence-electron chi connectivity index (χ2n) is 8.78. The number of carboxylic acids is 2. The van der Waals surface area contributed by atoms with Crippen LogP contribution in [0.2, 0.25) is 0 Å². The fourth-order valence-electron chi connectivity index (χ4n) is 4.05. The van der Waals surface area contributed by atoms with E-state index in [4.69, 9.17) is 0 Å². The van der Waals surface area contributed by atoms with Gasteiger partial charge in [-0.15, -0.1) is 0 Å². The molecule has 8 nitrogen and oxygen atoms in total. The number of nitrogens with one attached hydrogen (secondary N) is 2. The molecule has 0 aromatic heterocycles. The number of carboxylic acid groups (broad SMARTS) is 2. The molecule has 4 N–H and O–H groups in total. The zero-order chi connectivity index (χ0) is 29.5. The molecule has 210 valence electrons. The Morgan fingerprint density at radius 3 is 1.29 bits per heavy atom. The molecule has 0 aliphatic rings. The molecule has 0 bridgehead atoms. The molecule has 0 fully saturated rings. The standard InChI is InChI=1S/C30H22Br2IN2O6/c31-21-11-7-17(8-12-21)29(40)23-5-1-3-19(15-25(36)37)27(23)34-33-35-28-20(16-26(38)39)4-2-6-24(28)30(41)18-9-13-22(32)14-10-18/h1-14,34-35H,15-16H2,(H,36,37)(H,38,39)/q-1. The maximum atomic E-state index is 13.4. The van der Waals surface area contributed by atoms with Gasteiger partial charge in [0.25, 0.3) is 0 Å². The van der Waals surface area contributed by atoms with Gasteiger partial charge in [0.15, 0.2) is 0 Å². The number of benzene rings is 4. The SMILES string of the molecule is O=C(O)Cc1cccc(C(=O)c2ccc(Br)cc2)c1N[I-]Nc1c(CC(=O)O)cccc1C(=O)c1ccc(Br)cc1. The quantitative estimate of drug-likeness (QED) is 0.0977. The molecule has 0 aliphatic heterocycles. The van der Waals surface area contributed by atoms with Crippen LogP contribution >= 0.6 is 31.9 Å². The summed E-state index contributed by atoms with van der Waals surface area (Å²) in [4.78, 5) is 50.1. The zero-order valence-electron chi connectivity index (χ0n) is 21.2. The Hall–Kier alpha value is -3.55. The molecule has 0 spiro atoms. The van der Waals surface area contributed by atoms with Gasteiger partial charge >= 0.3 is 265 Å². The Balaban J connectivity index is 1.68. The molecule has 4 aromatic rings. The van der Waals surface area contributed by atoms with E-state index in [-0.39, 0.29) is 24.4 Å². The first-order valence-electron chi connectivity index (χ1n) is 12.1. The van der Waals surface area contributed by atoms with E-state index in [1.165, 1.54) is 0 Å². The summed E-state index contributed by atoms with van der Waals surface area (Å²) in [5.74, 6) is -2.68. The molecule has 0 unspecified atom stereocenters. The third-order valence-corrected chi connectivity index (χ3v) is 8.65. The molecule has 0 saturated carbocycles. The van der Waals surface area contributed by atoms with Gasteiger partial charge in [0.2, 0.25) is 0 Å². The number of para-hydroxylation sites is 2. The van der Waals surface area contributed by atoms with Crippen molar-refractivity contribution in [1.29, 1.82) is 0 Å². The first-order valence-corrected chi connectivity index (χ1v) is 15.8. The normalized spacial score (nSPS) is 10.7. The molecule has 0 amide bonds. The van der Waals surface area contributed by atoms with Crippen LogP contribution in [-0.4, -0.2) is 33.7 Å². The van der Waals surface area contributed by atoms with E-state index in [1.807, 2.05) is 0 Å². The van der Waals surface area contributed by atoms with Gasteiger partial charge < -0.3 is 0 Å². The van der Waals surface area contributed by atoms with E-state index in [2.05, 4.69) is 38.9 Å². The number of ketones is 2. The second kappa shape index (κ2) is 13.9. The van der Waals surface area contributed by atoms with Crippen molar-refractivity contribution >= 4 is 66.7 Å². The average molecular weight is 793 g/mol. The summed E-state index contributed by atoms with van der Waals surface area (Å²) in [6.07, 6.45) is -0.618. The van der Waals surface area contributed by atoms with Gasteiger partial charge in [0.05, 0.1) is 0 Å². The summed E-state index contributed by atoms with van der Waals surface area (Å²) < 4.78 is 8.10. The van der Waals surface area contributed by atoms with E-state index < -0.39 is 33.7 Å². The fraction of sp³-hybridized carbons (Fsp3) is 0.0667. The number of hydrogen-bond donors (Lipinski definition) is 4. The van der Waals surface area contributed by atoms with Gasteiger partial charge in [-0.05, 0) is 0 Å². The molecule has 0 atom stereocenters. The summed E-state index contributed by atoms with van der Waals surface area (Å²) in [5, 5.41) is 19.0. The topological polar surface area (TPSA) is 133 Å². The Bertz CT molecular complexity index is 1500. The van der Waals surface area contributed by atoms with Gasteiger partial charge in [-0.2, -0.15) is 0 Å². The van der Waals surface area contributed by atoms with Crippen LogP contribution in [0.15, 0.2) is 93.9 Å². The number of anilines is 2. The van der Waals surface area contributed by atoms with Gasteiger partial charge in [0, 0.05) is 0 Å². The van der Waals surface area contributed by atoms with Crippen molar-refractivity contribution in [2.45, 2.75) is 12.8 Å². The molecule has 11 heteroatoms. The van der Waals surface area contributed by atoms with Crippen molar-refractivity contribution in [3.05, 3.63) is 127 Å². The molecule has 41 heavy (non-hydrogen) atoms. The van der Waals surface area contributed by atoms with Crippen molar-refractivity contribution in [2.24, 2.45) is 0 Å². The molecule has 0 radical (unpaired) electrons. The fourth-order valence-corrected chi connectivity index (χ4v) is 6.53. The van der Waals surface area contributed by atoms with Crippen LogP contribution in [0.1, 0.15) is 43.0 Å². The third kappa shape index (κ3) is 7.80. The van der Waals surface area contributed by atoms with Crippen molar-refractivity contribution in [3.8, 4) is 0 Å². The molecule has 0 saturated heterocycles. The Morgan fingerprint density at radius 2 is 0.951 bits per heavy atom. The van der Waals surface area contributed by atoms with Crippen LogP contribution in [0, 0.1) is 0 Å². The molecule has 4 aromatic carbocycles. The summed E-state index contributed by atoms with van der Waals surface area (Å²) >= 11 is 5.46. The first kappa shape index (κ1) is 30.4.